The average molecular weight is 258 g/mol. The predicted octanol–water partition coefficient (Wildman–Crippen LogP) is 3.68. The Labute approximate surface area is 112 Å². The van der Waals surface area contributed by atoms with Gasteiger partial charge in [-0.2, -0.15) is 0 Å². The molecule has 0 aliphatic heterocycles. The van der Waals surface area contributed by atoms with Crippen LogP contribution in [0.3, 0.4) is 0 Å². The molecule has 0 bridgehead atoms. The van der Waals surface area contributed by atoms with Gasteiger partial charge >= 0.3 is 0 Å². The summed E-state index contributed by atoms with van der Waals surface area (Å²) in [4.78, 5) is 10.6. The molecule has 1 aromatic carbocycles. The largest absolute Gasteiger partial charge is 0.347 e. The molecule has 0 aliphatic rings. The minimum Gasteiger partial charge on any atom is -0.347 e. The number of benzene rings is 1. The van der Waals surface area contributed by atoms with Gasteiger partial charge in [-0.3, -0.25) is 10.1 Å². The molecule has 0 radical (unpaired) electrons. The van der Waals surface area contributed by atoms with Gasteiger partial charge in [0.05, 0.1) is 4.92 Å². The van der Waals surface area contributed by atoms with Crippen molar-refractivity contribution in [2.75, 3.05) is 0 Å². The predicted molar refractivity (Wildman–Crippen MR) is 75.6 cm³/mol. The van der Waals surface area contributed by atoms with Crippen molar-refractivity contribution >= 4 is 5.69 Å². The van der Waals surface area contributed by atoms with Crippen LogP contribution in [0.5, 0.6) is 0 Å². The highest BCUT2D eigenvalue weighted by Crippen LogP contribution is 2.23. The molecule has 0 atom stereocenters. The van der Waals surface area contributed by atoms with E-state index in [-0.39, 0.29) is 10.6 Å². The van der Waals surface area contributed by atoms with E-state index in [0.29, 0.717) is 6.54 Å². The Morgan fingerprint density at radius 1 is 1.16 bits per heavy atom. The van der Waals surface area contributed by atoms with Gasteiger partial charge in [-0.1, -0.05) is 12.1 Å². The first-order valence-electron chi connectivity index (χ1n) is 6.27. The number of hydrogen-bond acceptors (Lipinski definition) is 2. The first-order valence-corrected chi connectivity index (χ1v) is 6.27. The van der Waals surface area contributed by atoms with Crippen molar-refractivity contribution < 1.29 is 4.92 Å². The minimum absolute atomic E-state index is 0.191. The zero-order valence-electron chi connectivity index (χ0n) is 11.7. The number of nitrogens with zero attached hydrogens (tertiary/aromatic N) is 2. The molecule has 0 aliphatic carbocycles. The first-order chi connectivity index (χ1) is 8.91. The van der Waals surface area contributed by atoms with Gasteiger partial charge in [-0.15, -0.1) is 0 Å². The maximum Gasteiger partial charge on any atom is 0.272 e. The Morgan fingerprint density at radius 2 is 1.84 bits per heavy atom. The van der Waals surface area contributed by atoms with Crippen LogP contribution >= 0.6 is 0 Å². The lowest BCUT2D eigenvalue weighted by molar-refractivity contribution is -0.385. The molecule has 0 saturated heterocycles. The van der Waals surface area contributed by atoms with Crippen molar-refractivity contribution in [2.24, 2.45) is 0 Å². The number of nitro groups is 1. The number of rotatable bonds is 3. The zero-order chi connectivity index (χ0) is 14.2. The molecule has 2 aromatic rings. The van der Waals surface area contributed by atoms with Crippen LogP contribution in [0.2, 0.25) is 0 Å². The fraction of sp³-hybridized carbons (Fsp3) is 0.333. The van der Waals surface area contributed by atoms with E-state index in [4.69, 9.17) is 0 Å². The Morgan fingerprint density at radius 3 is 2.37 bits per heavy atom. The van der Waals surface area contributed by atoms with Crippen LogP contribution in [0.25, 0.3) is 0 Å². The summed E-state index contributed by atoms with van der Waals surface area (Å²) in [5.41, 5.74) is 5.67. The van der Waals surface area contributed by atoms with Gasteiger partial charge in [-0.25, -0.2) is 0 Å². The lowest BCUT2D eigenvalue weighted by atomic mass is 10.1. The van der Waals surface area contributed by atoms with E-state index < -0.39 is 0 Å². The third-order valence-electron chi connectivity index (χ3n) is 3.87. The van der Waals surface area contributed by atoms with Crippen molar-refractivity contribution in [1.82, 2.24) is 4.57 Å². The SMILES string of the molecule is Cc1cn(Cc2cccc([N+](=O)[O-])c2C)c(C)c1C. The monoisotopic (exact) mass is 258 g/mol. The summed E-state index contributed by atoms with van der Waals surface area (Å²) in [7, 11) is 0. The van der Waals surface area contributed by atoms with Gasteiger partial charge in [0, 0.05) is 30.1 Å². The summed E-state index contributed by atoms with van der Waals surface area (Å²) >= 11 is 0. The summed E-state index contributed by atoms with van der Waals surface area (Å²) in [5, 5.41) is 11.0. The lowest BCUT2D eigenvalue weighted by Crippen LogP contribution is -2.04. The summed E-state index contributed by atoms with van der Waals surface area (Å²) in [5.74, 6) is 0. The Hall–Kier alpha value is -2.10. The third kappa shape index (κ3) is 2.38. The fourth-order valence-electron chi connectivity index (χ4n) is 2.31. The number of nitro benzene ring substituents is 1. The molecule has 4 heteroatoms. The third-order valence-corrected chi connectivity index (χ3v) is 3.87. The van der Waals surface area contributed by atoms with E-state index in [2.05, 4.69) is 31.5 Å². The molecule has 0 spiro atoms. The zero-order valence-corrected chi connectivity index (χ0v) is 11.7. The molecule has 1 heterocycles. The topological polar surface area (TPSA) is 48.1 Å². The van der Waals surface area contributed by atoms with Crippen LogP contribution in [0.1, 0.15) is 27.9 Å². The second-order valence-electron chi connectivity index (χ2n) is 4.97. The van der Waals surface area contributed by atoms with Crippen LogP contribution in [0.15, 0.2) is 24.4 Å². The highest BCUT2D eigenvalue weighted by molar-refractivity contribution is 5.45. The Bertz CT molecular complexity index is 642. The van der Waals surface area contributed by atoms with Crippen molar-refractivity contribution in [3.63, 3.8) is 0 Å². The van der Waals surface area contributed by atoms with Gasteiger partial charge in [0.15, 0.2) is 0 Å². The van der Waals surface area contributed by atoms with Crippen LogP contribution in [0.4, 0.5) is 5.69 Å². The molecular formula is C15H18N2O2. The van der Waals surface area contributed by atoms with Gasteiger partial charge in [-0.05, 0) is 44.4 Å². The van der Waals surface area contributed by atoms with Gasteiger partial charge in [0.2, 0.25) is 0 Å². The standard InChI is InChI=1S/C15H18N2O2/c1-10-8-16(13(4)11(10)2)9-14-6-5-7-15(12(14)3)17(18)19/h5-8H,9H2,1-4H3. The average Bonchev–Trinajstić information content (AvgIpc) is 2.59. The number of aromatic nitrogens is 1. The van der Waals surface area contributed by atoms with Crippen LogP contribution in [0, 0.1) is 37.8 Å². The highest BCUT2D eigenvalue weighted by Gasteiger charge is 2.14. The molecule has 100 valence electrons. The quantitative estimate of drug-likeness (QED) is 0.623. The van der Waals surface area contributed by atoms with Crippen molar-refractivity contribution in [3.05, 3.63) is 62.5 Å². The number of hydrogen-bond donors (Lipinski definition) is 0. The van der Waals surface area contributed by atoms with Gasteiger partial charge < -0.3 is 4.57 Å². The normalized spacial score (nSPS) is 10.7. The Balaban J connectivity index is 2.41. The molecule has 0 N–H and O–H groups in total. The summed E-state index contributed by atoms with van der Waals surface area (Å²) in [6.45, 7) is 8.75. The molecule has 1 aromatic heterocycles. The lowest BCUT2D eigenvalue weighted by Gasteiger charge is -2.09. The molecule has 0 unspecified atom stereocenters. The molecule has 0 amide bonds. The molecule has 19 heavy (non-hydrogen) atoms. The summed E-state index contributed by atoms with van der Waals surface area (Å²) in [6.07, 6.45) is 2.10. The van der Waals surface area contributed by atoms with E-state index in [1.54, 1.807) is 12.1 Å². The van der Waals surface area contributed by atoms with E-state index in [0.717, 1.165) is 11.1 Å². The van der Waals surface area contributed by atoms with Crippen LogP contribution in [-0.2, 0) is 6.54 Å². The molecule has 2 rings (SSSR count). The molecule has 0 saturated carbocycles. The van der Waals surface area contributed by atoms with E-state index in [1.807, 2.05) is 13.0 Å². The van der Waals surface area contributed by atoms with Crippen LogP contribution in [-0.4, -0.2) is 9.49 Å². The fourth-order valence-corrected chi connectivity index (χ4v) is 2.31. The Kier molecular flexibility index (Phi) is 3.42. The molecule has 4 nitrogen and oxygen atoms in total. The van der Waals surface area contributed by atoms with Crippen LogP contribution < -0.4 is 0 Å². The number of aryl methyl sites for hydroxylation is 1. The summed E-state index contributed by atoms with van der Waals surface area (Å²) < 4.78 is 2.15. The van der Waals surface area contributed by atoms with Crippen molar-refractivity contribution in [1.29, 1.82) is 0 Å². The second kappa shape index (κ2) is 4.88. The van der Waals surface area contributed by atoms with E-state index in [1.165, 1.54) is 16.8 Å². The van der Waals surface area contributed by atoms with Crippen molar-refractivity contribution in [3.8, 4) is 0 Å². The first kappa shape index (κ1) is 13.3. The molecule has 0 fully saturated rings. The van der Waals surface area contributed by atoms with Gasteiger partial charge in [0.25, 0.3) is 5.69 Å². The second-order valence-corrected chi connectivity index (χ2v) is 4.97. The highest BCUT2D eigenvalue weighted by atomic mass is 16.6. The van der Waals surface area contributed by atoms with Gasteiger partial charge in [0.1, 0.15) is 0 Å². The van der Waals surface area contributed by atoms with Crippen molar-refractivity contribution in [2.45, 2.75) is 34.2 Å². The smallest absolute Gasteiger partial charge is 0.272 e. The molecular weight excluding hydrogens is 240 g/mol. The summed E-state index contributed by atoms with van der Waals surface area (Å²) in [6, 6.07) is 5.25. The van der Waals surface area contributed by atoms with E-state index >= 15 is 0 Å². The van der Waals surface area contributed by atoms with E-state index in [9.17, 15) is 10.1 Å². The minimum atomic E-state index is -0.322. The maximum atomic E-state index is 11.0. The maximum absolute atomic E-state index is 11.0.